The molecule has 4 aliphatic rings. The molecule has 4 N–H and O–H groups in total. The number of aryl methyl sites for hydroxylation is 1. The van der Waals surface area contributed by atoms with Crippen molar-refractivity contribution >= 4 is 33.8 Å². The summed E-state index contributed by atoms with van der Waals surface area (Å²) in [7, 11) is -2.21. The zero-order chi connectivity index (χ0) is 39.6. The van der Waals surface area contributed by atoms with Gasteiger partial charge in [0.05, 0.1) is 18.4 Å². The highest BCUT2D eigenvalue weighted by Crippen LogP contribution is 2.57. The van der Waals surface area contributed by atoms with E-state index in [-0.39, 0.29) is 42.5 Å². The van der Waals surface area contributed by atoms with E-state index in [9.17, 15) is 27.6 Å². The molecule has 0 aromatic heterocycles. The summed E-state index contributed by atoms with van der Waals surface area (Å²) in [5.41, 5.74) is 6.67. The fourth-order valence-corrected chi connectivity index (χ4v) is 9.66. The van der Waals surface area contributed by atoms with Crippen molar-refractivity contribution in [2.75, 3.05) is 20.3 Å². The highest BCUT2D eigenvalue weighted by molar-refractivity contribution is 7.91. The van der Waals surface area contributed by atoms with Crippen LogP contribution in [0.15, 0.2) is 48.5 Å². The molecule has 12 nitrogen and oxygen atoms in total. The first-order valence-electron chi connectivity index (χ1n) is 19.9. The number of nitrogens with two attached hydrogens (primary N) is 1. The van der Waals surface area contributed by atoms with Crippen molar-refractivity contribution in [1.82, 2.24) is 14.9 Å². The predicted octanol–water partition coefficient (Wildman–Crippen LogP) is 5.71. The van der Waals surface area contributed by atoms with Crippen LogP contribution in [0.2, 0.25) is 0 Å². The number of sulfonamides is 1. The van der Waals surface area contributed by atoms with Crippen LogP contribution in [0.1, 0.15) is 109 Å². The molecule has 4 amide bonds. The number of methoxy groups -OCH3 is 1. The Morgan fingerprint density at radius 2 is 1.58 bits per heavy atom. The number of nitrogens with one attached hydrogen (secondary N) is 2. The van der Waals surface area contributed by atoms with E-state index >= 15 is 0 Å². The lowest BCUT2D eigenvalue weighted by atomic mass is 9.88. The van der Waals surface area contributed by atoms with Crippen molar-refractivity contribution in [1.29, 1.82) is 0 Å². The van der Waals surface area contributed by atoms with Gasteiger partial charge in [0.25, 0.3) is 5.91 Å². The second-order valence-corrected chi connectivity index (χ2v) is 19.3. The quantitative estimate of drug-likeness (QED) is 0.161. The minimum Gasteiger partial charge on any atom is -0.450 e. The number of hydrogen-bond donors (Lipinski definition) is 3. The summed E-state index contributed by atoms with van der Waals surface area (Å²) < 4.78 is 38.9. The third kappa shape index (κ3) is 9.71. The molecule has 1 aliphatic heterocycles. The molecule has 55 heavy (non-hydrogen) atoms. The number of rotatable bonds is 18. The molecule has 2 aromatic carbocycles. The Morgan fingerprint density at radius 1 is 0.909 bits per heavy atom. The Labute approximate surface area is 325 Å². The van der Waals surface area contributed by atoms with Gasteiger partial charge in [0.15, 0.2) is 0 Å². The topological polar surface area (TPSA) is 174 Å². The van der Waals surface area contributed by atoms with E-state index in [0.29, 0.717) is 25.9 Å². The van der Waals surface area contributed by atoms with E-state index in [1.807, 2.05) is 39.0 Å². The molecule has 300 valence electrons. The van der Waals surface area contributed by atoms with Gasteiger partial charge in [-0.2, -0.15) is 0 Å². The Balaban J connectivity index is 1.18. The van der Waals surface area contributed by atoms with Gasteiger partial charge in [-0.1, -0.05) is 88.6 Å². The lowest BCUT2D eigenvalue weighted by Crippen LogP contribution is -2.57. The van der Waals surface area contributed by atoms with E-state index in [2.05, 4.69) is 40.4 Å². The number of unbranched alkanes of at least 4 members (excludes halogenated alkanes) is 4. The lowest BCUT2D eigenvalue weighted by Gasteiger charge is -2.30. The number of hydrogen-bond acceptors (Lipinski definition) is 8. The molecule has 3 aliphatic carbocycles. The van der Waals surface area contributed by atoms with Gasteiger partial charge >= 0.3 is 6.09 Å². The van der Waals surface area contributed by atoms with Gasteiger partial charge < -0.3 is 25.4 Å². The molecule has 3 saturated carbocycles. The van der Waals surface area contributed by atoms with Crippen LogP contribution in [-0.2, 0) is 45.9 Å². The van der Waals surface area contributed by atoms with Crippen LogP contribution in [0, 0.1) is 17.3 Å². The number of nitrogens with zero attached hydrogens (tertiary/aromatic N) is 1. The van der Waals surface area contributed by atoms with Crippen molar-refractivity contribution < 1.29 is 37.1 Å². The van der Waals surface area contributed by atoms with Crippen molar-refractivity contribution in [2.24, 2.45) is 23.0 Å². The average molecular weight is 779 g/mol. The zero-order valence-corrected chi connectivity index (χ0v) is 33.6. The summed E-state index contributed by atoms with van der Waals surface area (Å²) in [6.07, 6.45) is 8.80. The van der Waals surface area contributed by atoms with Crippen LogP contribution in [0.5, 0.6) is 0 Å². The molecule has 0 spiro atoms. The summed E-state index contributed by atoms with van der Waals surface area (Å²) in [5, 5.41) is 2.44. The maximum absolute atomic E-state index is 14.4. The average Bonchev–Trinajstić information content (AvgIpc) is 4.01. The molecule has 2 aromatic rings. The molecule has 13 heteroatoms. The van der Waals surface area contributed by atoms with E-state index < -0.39 is 50.4 Å². The molecule has 0 bridgehead atoms. The van der Waals surface area contributed by atoms with Crippen LogP contribution in [-0.4, -0.2) is 74.2 Å². The number of carbonyl (C=O) groups is 4. The minimum absolute atomic E-state index is 0.136. The summed E-state index contributed by atoms with van der Waals surface area (Å²) in [5.74, 6) is -1.19. The largest absolute Gasteiger partial charge is 0.450 e. The normalized spacial score (nSPS) is 25.0. The molecule has 0 radical (unpaired) electrons. The number of likely N-dealkylation sites (tertiary alicyclic amines) is 1. The Morgan fingerprint density at radius 3 is 2.22 bits per heavy atom. The molecule has 1 saturated heterocycles. The van der Waals surface area contributed by atoms with Crippen LogP contribution >= 0.6 is 0 Å². The summed E-state index contributed by atoms with van der Waals surface area (Å²) in [4.78, 5) is 54.4. The van der Waals surface area contributed by atoms with Crippen LogP contribution < -0.4 is 15.8 Å². The number of primary amides is 1. The maximum Gasteiger partial charge on any atom is 0.404 e. The fourth-order valence-electron chi connectivity index (χ4n) is 8.30. The van der Waals surface area contributed by atoms with Crippen LogP contribution in [0.25, 0.3) is 11.1 Å². The van der Waals surface area contributed by atoms with Gasteiger partial charge in [0, 0.05) is 20.0 Å². The first-order valence-corrected chi connectivity index (χ1v) is 21.5. The zero-order valence-electron chi connectivity index (χ0n) is 32.7. The monoisotopic (exact) mass is 778 g/mol. The van der Waals surface area contributed by atoms with Crippen molar-refractivity contribution in [2.45, 2.75) is 127 Å². The summed E-state index contributed by atoms with van der Waals surface area (Å²) in [6, 6.07) is 15.6. The maximum atomic E-state index is 14.4. The Bertz CT molecular complexity index is 1850. The highest BCUT2D eigenvalue weighted by atomic mass is 32.2. The number of ether oxygens (including phenoxy) is 2. The summed E-state index contributed by atoms with van der Waals surface area (Å²) >= 11 is 0. The molecule has 4 atom stereocenters. The van der Waals surface area contributed by atoms with Crippen molar-refractivity contribution in [3.05, 3.63) is 59.7 Å². The Kier molecular flexibility index (Phi) is 12.0. The first-order chi connectivity index (χ1) is 26.1. The van der Waals surface area contributed by atoms with Gasteiger partial charge in [-0.05, 0) is 90.9 Å². The van der Waals surface area contributed by atoms with Crippen LogP contribution in [0.3, 0.4) is 0 Å². The second kappa shape index (κ2) is 16.3. The standard InChI is InChI=1S/C42H58N4O8S/c1-40(2,3)26-36(47)46-27-41(53-4,25-35(46)37(48)44-42(24-34(42)30-15-16-30)38(49)45-55(51,52)32-21-22-32)31-19-17-29(18-20-31)33-14-10-9-13-28(33)12-8-6-5-7-11-23-54-39(43)50/h9-10,13-14,17-20,30,32,34-35H,5-8,11-12,15-16,21-27H2,1-4H3,(H2,43,50)(H,44,48)(H,45,49)/t34-,35+,41+,42-/m1/s1. The molecular weight excluding hydrogens is 721 g/mol. The number of carbonyl (C=O) groups excluding carboxylic acids is 4. The Hall–Kier alpha value is -3.97. The van der Waals surface area contributed by atoms with Gasteiger partial charge in [0.1, 0.15) is 17.2 Å². The van der Waals surface area contributed by atoms with Gasteiger partial charge in [0.2, 0.25) is 21.8 Å². The number of benzene rings is 2. The van der Waals surface area contributed by atoms with E-state index in [4.69, 9.17) is 15.2 Å². The van der Waals surface area contributed by atoms with Crippen LogP contribution in [0.4, 0.5) is 4.79 Å². The second-order valence-electron chi connectivity index (χ2n) is 17.4. The van der Waals surface area contributed by atoms with Gasteiger partial charge in [-0.15, -0.1) is 0 Å². The first kappa shape index (κ1) is 40.7. The molecule has 4 fully saturated rings. The molecule has 1 heterocycles. The third-order valence-corrected chi connectivity index (χ3v) is 13.6. The van der Waals surface area contributed by atoms with Crippen molar-refractivity contribution in [3.63, 3.8) is 0 Å². The predicted molar refractivity (Wildman–Crippen MR) is 209 cm³/mol. The van der Waals surface area contributed by atoms with Gasteiger partial charge in [-0.3, -0.25) is 19.1 Å². The fraction of sp³-hybridized carbons (Fsp3) is 0.619. The van der Waals surface area contributed by atoms with Crippen molar-refractivity contribution in [3.8, 4) is 11.1 Å². The number of amides is 4. The minimum atomic E-state index is -3.81. The van der Waals surface area contributed by atoms with E-state index in [0.717, 1.165) is 68.1 Å². The smallest absolute Gasteiger partial charge is 0.404 e. The molecule has 6 rings (SSSR count). The SMILES string of the molecule is CO[C@@]1(c2ccc(-c3ccccc3CCCCCCCOC(N)=O)cc2)C[C@@H](C(=O)N[C@]2(C(=O)NS(=O)(=O)C3CC3)C[C@@H]2C2CC2)N(C(=O)CC(C)(C)C)C1. The van der Waals surface area contributed by atoms with E-state index in [1.165, 1.54) is 5.56 Å². The molecular formula is C42H58N4O8S. The highest BCUT2D eigenvalue weighted by Gasteiger charge is 2.67. The van der Waals surface area contributed by atoms with E-state index in [1.54, 1.807) is 12.0 Å². The third-order valence-electron chi connectivity index (χ3n) is 11.7. The summed E-state index contributed by atoms with van der Waals surface area (Å²) in [6.45, 7) is 6.44. The lowest BCUT2D eigenvalue weighted by molar-refractivity contribution is -0.141. The van der Waals surface area contributed by atoms with Gasteiger partial charge in [-0.25, -0.2) is 13.2 Å². The molecule has 0 unspecified atom stereocenters.